The Kier molecular flexibility index (Phi) is 4.89. The van der Waals surface area contributed by atoms with Crippen molar-refractivity contribution in [3.63, 3.8) is 0 Å². The largest absolute Gasteiger partial charge is 0.325 e. The molecule has 110 valence electrons. The number of nitrogens with zero attached hydrogens (tertiary/aromatic N) is 2. The quantitative estimate of drug-likeness (QED) is 0.942. The average Bonchev–Trinajstić information content (AvgIpc) is 2.54. The van der Waals surface area contributed by atoms with Gasteiger partial charge in [-0.25, -0.2) is 0 Å². The van der Waals surface area contributed by atoms with Crippen LogP contribution in [0.5, 0.6) is 0 Å². The number of amides is 2. The molecule has 0 aliphatic carbocycles. The fourth-order valence-corrected chi connectivity index (χ4v) is 1.97. The highest BCUT2D eigenvalue weighted by Gasteiger charge is 2.14. The van der Waals surface area contributed by atoms with Gasteiger partial charge in [0.05, 0.1) is 6.07 Å². The fraction of sp³-hybridized carbons (Fsp3) is 0.118. The second-order valence-corrected chi connectivity index (χ2v) is 4.66. The summed E-state index contributed by atoms with van der Waals surface area (Å²) in [5.41, 5.74) is 1.74. The number of nitriles is 1. The van der Waals surface area contributed by atoms with Gasteiger partial charge in [0, 0.05) is 24.0 Å². The number of carbonyl (C=O) groups is 2. The van der Waals surface area contributed by atoms with Crippen molar-refractivity contribution < 1.29 is 9.59 Å². The summed E-state index contributed by atoms with van der Waals surface area (Å²) in [5, 5.41) is 11.1. The minimum Gasteiger partial charge on any atom is -0.325 e. The predicted octanol–water partition coefficient (Wildman–Crippen LogP) is 2.82. The Balaban J connectivity index is 2.17. The van der Waals surface area contributed by atoms with E-state index in [1.807, 2.05) is 30.3 Å². The molecule has 0 heterocycles. The van der Waals surface area contributed by atoms with Gasteiger partial charge < -0.3 is 10.2 Å². The SMILES string of the molecule is CN(C(=O)c1cccc(NC(=O)CC#N)c1)c1ccccc1. The van der Waals surface area contributed by atoms with Crippen LogP contribution < -0.4 is 10.2 Å². The fourth-order valence-electron chi connectivity index (χ4n) is 1.97. The van der Waals surface area contributed by atoms with Gasteiger partial charge in [-0.3, -0.25) is 9.59 Å². The van der Waals surface area contributed by atoms with Crippen molar-refractivity contribution in [3.8, 4) is 6.07 Å². The van der Waals surface area contributed by atoms with Gasteiger partial charge in [0.15, 0.2) is 0 Å². The molecule has 0 aromatic heterocycles. The topological polar surface area (TPSA) is 73.2 Å². The Morgan fingerprint density at radius 2 is 1.86 bits per heavy atom. The standard InChI is InChI=1S/C17H15N3O2/c1-20(15-8-3-2-4-9-15)17(22)13-6-5-7-14(12-13)19-16(21)10-11-18/h2-9,12H,10H2,1H3,(H,19,21). The maximum Gasteiger partial charge on any atom is 0.258 e. The molecule has 2 rings (SSSR count). The first-order valence-electron chi connectivity index (χ1n) is 6.72. The monoisotopic (exact) mass is 293 g/mol. The van der Waals surface area contributed by atoms with Crippen LogP contribution in [0.1, 0.15) is 16.8 Å². The van der Waals surface area contributed by atoms with Gasteiger partial charge in [-0.2, -0.15) is 5.26 Å². The second-order valence-electron chi connectivity index (χ2n) is 4.66. The first kappa shape index (κ1) is 15.3. The first-order valence-corrected chi connectivity index (χ1v) is 6.72. The number of hydrogen-bond acceptors (Lipinski definition) is 3. The molecule has 2 aromatic carbocycles. The van der Waals surface area contributed by atoms with E-state index in [1.54, 1.807) is 37.4 Å². The third-order valence-electron chi connectivity index (χ3n) is 3.08. The summed E-state index contributed by atoms with van der Waals surface area (Å²) in [7, 11) is 1.69. The van der Waals surface area contributed by atoms with Gasteiger partial charge >= 0.3 is 0 Å². The summed E-state index contributed by atoms with van der Waals surface area (Å²) >= 11 is 0. The molecule has 0 saturated carbocycles. The molecule has 2 aromatic rings. The van der Waals surface area contributed by atoms with Crippen molar-refractivity contribution >= 4 is 23.2 Å². The molecule has 0 unspecified atom stereocenters. The molecule has 5 heteroatoms. The molecule has 0 bridgehead atoms. The van der Waals surface area contributed by atoms with Crippen molar-refractivity contribution in [3.05, 3.63) is 60.2 Å². The van der Waals surface area contributed by atoms with Crippen LogP contribution >= 0.6 is 0 Å². The molecule has 2 amide bonds. The first-order chi connectivity index (χ1) is 10.6. The lowest BCUT2D eigenvalue weighted by Gasteiger charge is -2.17. The number of hydrogen-bond donors (Lipinski definition) is 1. The van der Waals surface area contributed by atoms with E-state index < -0.39 is 5.91 Å². The van der Waals surface area contributed by atoms with Crippen molar-refractivity contribution in [2.75, 3.05) is 17.3 Å². The summed E-state index contributed by atoms with van der Waals surface area (Å²) in [6, 6.07) is 17.7. The zero-order valence-corrected chi connectivity index (χ0v) is 12.1. The van der Waals surface area contributed by atoms with Gasteiger partial charge in [0.25, 0.3) is 5.91 Å². The molecule has 0 aliphatic rings. The number of anilines is 2. The summed E-state index contributed by atoms with van der Waals surface area (Å²) in [6.45, 7) is 0. The van der Waals surface area contributed by atoms with Crippen molar-refractivity contribution in [2.24, 2.45) is 0 Å². The third kappa shape index (κ3) is 3.70. The minimum absolute atomic E-state index is 0.178. The summed E-state index contributed by atoms with van der Waals surface area (Å²) < 4.78 is 0. The van der Waals surface area contributed by atoms with Crippen LogP contribution in [0.3, 0.4) is 0 Å². The van der Waals surface area contributed by atoms with E-state index in [9.17, 15) is 9.59 Å². The zero-order valence-electron chi connectivity index (χ0n) is 12.1. The maximum absolute atomic E-state index is 12.5. The van der Waals surface area contributed by atoms with Crippen molar-refractivity contribution in [1.82, 2.24) is 0 Å². The lowest BCUT2D eigenvalue weighted by Crippen LogP contribution is -2.26. The number of nitrogens with one attached hydrogen (secondary N) is 1. The van der Waals surface area contributed by atoms with Gasteiger partial charge in [-0.05, 0) is 30.3 Å². The Morgan fingerprint density at radius 3 is 2.55 bits per heavy atom. The normalized spacial score (nSPS) is 9.64. The Hall–Kier alpha value is -3.13. The van der Waals surface area contributed by atoms with Crippen LogP contribution in [0, 0.1) is 11.3 Å². The number of para-hydroxylation sites is 1. The van der Waals surface area contributed by atoms with E-state index in [1.165, 1.54) is 4.90 Å². The molecule has 0 radical (unpaired) electrons. The average molecular weight is 293 g/mol. The Bertz CT molecular complexity index is 720. The molecule has 0 fully saturated rings. The van der Waals surface area contributed by atoms with E-state index in [0.29, 0.717) is 11.3 Å². The highest BCUT2D eigenvalue weighted by atomic mass is 16.2. The van der Waals surface area contributed by atoms with E-state index in [4.69, 9.17) is 5.26 Å². The minimum atomic E-state index is -0.400. The number of rotatable bonds is 4. The highest BCUT2D eigenvalue weighted by Crippen LogP contribution is 2.17. The number of benzene rings is 2. The van der Waals surface area contributed by atoms with Crippen molar-refractivity contribution in [2.45, 2.75) is 6.42 Å². The van der Waals surface area contributed by atoms with E-state index in [2.05, 4.69) is 5.32 Å². The van der Waals surface area contributed by atoms with Crippen LogP contribution in [0.25, 0.3) is 0 Å². The molecule has 0 saturated heterocycles. The van der Waals surface area contributed by atoms with Crippen LogP contribution in [0.15, 0.2) is 54.6 Å². The summed E-state index contributed by atoms with van der Waals surface area (Å²) in [5.74, 6) is -0.578. The van der Waals surface area contributed by atoms with Gasteiger partial charge in [-0.15, -0.1) is 0 Å². The molecule has 0 aliphatic heterocycles. The third-order valence-corrected chi connectivity index (χ3v) is 3.08. The predicted molar refractivity (Wildman–Crippen MR) is 84.5 cm³/mol. The number of carbonyl (C=O) groups excluding carboxylic acids is 2. The van der Waals surface area contributed by atoms with Crippen LogP contribution in [0.2, 0.25) is 0 Å². The molecular formula is C17H15N3O2. The summed E-state index contributed by atoms with van der Waals surface area (Å²) in [6.07, 6.45) is -0.220. The maximum atomic E-state index is 12.5. The van der Waals surface area contributed by atoms with Gasteiger partial charge in [-0.1, -0.05) is 24.3 Å². The van der Waals surface area contributed by atoms with E-state index >= 15 is 0 Å². The molecule has 22 heavy (non-hydrogen) atoms. The molecule has 0 spiro atoms. The summed E-state index contributed by atoms with van der Waals surface area (Å²) in [4.78, 5) is 25.4. The lowest BCUT2D eigenvalue weighted by atomic mass is 10.1. The van der Waals surface area contributed by atoms with Crippen LogP contribution in [-0.4, -0.2) is 18.9 Å². The second kappa shape index (κ2) is 7.04. The highest BCUT2D eigenvalue weighted by molar-refractivity contribution is 6.06. The smallest absolute Gasteiger partial charge is 0.258 e. The van der Waals surface area contributed by atoms with Gasteiger partial charge in [0.1, 0.15) is 6.42 Å². The molecular weight excluding hydrogens is 278 g/mol. The van der Waals surface area contributed by atoms with Gasteiger partial charge in [0.2, 0.25) is 5.91 Å². The lowest BCUT2D eigenvalue weighted by molar-refractivity contribution is -0.115. The molecule has 1 N–H and O–H groups in total. The van der Waals surface area contributed by atoms with E-state index in [-0.39, 0.29) is 12.3 Å². The molecule has 5 nitrogen and oxygen atoms in total. The Labute approximate surface area is 128 Å². The van der Waals surface area contributed by atoms with Crippen LogP contribution in [-0.2, 0) is 4.79 Å². The van der Waals surface area contributed by atoms with E-state index in [0.717, 1.165) is 5.69 Å². The molecule has 0 atom stereocenters. The van der Waals surface area contributed by atoms with Crippen molar-refractivity contribution in [1.29, 1.82) is 5.26 Å². The van der Waals surface area contributed by atoms with Crippen LogP contribution in [0.4, 0.5) is 11.4 Å². The zero-order chi connectivity index (χ0) is 15.9. The Morgan fingerprint density at radius 1 is 1.14 bits per heavy atom.